The molecule has 0 bridgehead atoms. The largest absolute Gasteiger partial charge is 0.493 e. The lowest BCUT2D eigenvalue weighted by molar-refractivity contribution is 0.270. The third-order valence-electron chi connectivity index (χ3n) is 5.73. The van der Waals surface area contributed by atoms with E-state index in [1.165, 1.54) is 11.3 Å². The lowest BCUT2D eigenvalue weighted by Crippen LogP contribution is -2.29. The maximum absolute atomic E-state index is 13.1. The number of aromatic nitrogens is 4. The van der Waals surface area contributed by atoms with Crippen LogP contribution in [-0.4, -0.2) is 51.5 Å². The summed E-state index contributed by atoms with van der Waals surface area (Å²) < 4.78 is 14.5. The summed E-state index contributed by atoms with van der Waals surface area (Å²) in [7, 11) is 3.15. The Morgan fingerprint density at radius 3 is 2.55 bits per heavy atom. The molecule has 0 fully saturated rings. The van der Waals surface area contributed by atoms with Crippen LogP contribution in [0.1, 0.15) is 24.0 Å². The number of nitrogens with zero attached hydrogens (tertiary/aromatic N) is 5. The van der Waals surface area contributed by atoms with Crippen molar-refractivity contribution in [1.82, 2.24) is 24.2 Å². The Balaban J connectivity index is 1.64. The minimum absolute atomic E-state index is 0.0252. The van der Waals surface area contributed by atoms with Gasteiger partial charge < -0.3 is 9.47 Å². The molecule has 0 saturated carbocycles. The lowest BCUT2D eigenvalue weighted by atomic mass is 10.2. The molecule has 29 heavy (non-hydrogen) atoms. The van der Waals surface area contributed by atoms with Crippen LogP contribution in [0.3, 0.4) is 0 Å². The molecule has 1 aromatic carbocycles. The van der Waals surface area contributed by atoms with Gasteiger partial charge in [0, 0.05) is 56.5 Å². The number of fused-ring (bicyclic) bond motifs is 2. The average Bonchev–Trinajstić information content (AvgIpc) is 2.95. The van der Waals surface area contributed by atoms with Crippen molar-refractivity contribution in [3.8, 4) is 11.5 Å². The first-order chi connectivity index (χ1) is 14.0. The Kier molecular flexibility index (Phi) is 5.27. The standard InChI is InChI=1S/C21H27N5O3/c1-5-26-14(2)15(12-22-26)13-24-7-6-20-23-17-11-19(29-4)18(28-3)10-16(17)21(27)25(20)9-8-24/h10-12H,5-9,13H2,1-4H3. The molecule has 1 aliphatic heterocycles. The zero-order valence-electron chi connectivity index (χ0n) is 17.4. The van der Waals surface area contributed by atoms with Crippen molar-refractivity contribution in [2.24, 2.45) is 0 Å². The highest BCUT2D eigenvalue weighted by molar-refractivity contribution is 5.82. The summed E-state index contributed by atoms with van der Waals surface area (Å²) in [5.41, 5.74) is 3.06. The number of rotatable bonds is 5. The van der Waals surface area contributed by atoms with Gasteiger partial charge in [-0.15, -0.1) is 0 Å². The molecule has 0 spiro atoms. The molecule has 1 aliphatic rings. The van der Waals surface area contributed by atoms with Gasteiger partial charge in [0.05, 0.1) is 31.3 Å². The minimum Gasteiger partial charge on any atom is -0.493 e. The van der Waals surface area contributed by atoms with Gasteiger partial charge in [-0.1, -0.05) is 0 Å². The summed E-state index contributed by atoms with van der Waals surface area (Å²) in [6.45, 7) is 8.17. The van der Waals surface area contributed by atoms with E-state index in [4.69, 9.17) is 14.5 Å². The van der Waals surface area contributed by atoms with Gasteiger partial charge in [-0.05, 0) is 19.9 Å². The Morgan fingerprint density at radius 2 is 1.86 bits per heavy atom. The topological polar surface area (TPSA) is 74.4 Å². The van der Waals surface area contributed by atoms with Gasteiger partial charge in [-0.25, -0.2) is 4.98 Å². The maximum Gasteiger partial charge on any atom is 0.261 e. The SMILES string of the molecule is CCn1ncc(CN2CCc3nc4cc(OC)c(OC)cc4c(=O)n3CC2)c1C. The summed E-state index contributed by atoms with van der Waals surface area (Å²) in [5, 5.41) is 5.00. The van der Waals surface area contributed by atoms with Crippen LogP contribution in [0.2, 0.25) is 0 Å². The first-order valence-electron chi connectivity index (χ1n) is 9.94. The summed E-state index contributed by atoms with van der Waals surface area (Å²) in [6, 6.07) is 3.50. The molecule has 0 radical (unpaired) electrons. The number of aryl methyl sites for hydroxylation is 1. The first kappa shape index (κ1) is 19.4. The molecule has 0 N–H and O–H groups in total. The highest BCUT2D eigenvalue weighted by atomic mass is 16.5. The third kappa shape index (κ3) is 3.48. The van der Waals surface area contributed by atoms with Gasteiger partial charge in [0.1, 0.15) is 5.82 Å². The molecule has 0 aliphatic carbocycles. The molecule has 8 nitrogen and oxygen atoms in total. The number of methoxy groups -OCH3 is 2. The highest BCUT2D eigenvalue weighted by Crippen LogP contribution is 2.30. The van der Waals surface area contributed by atoms with E-state index < -0.39 is 0 Å². The molecule has 3 aromatic rings. The van der Waals surface area contributed by atoms with Gasteiger partial charge >= 0.3 is 0 Å². The van der Waals surface area contributed by atoms with Crippen molar-refractivity contribution >= 4 is 10.9 Å². The molecule has 0 amide bonds. The number of ether oxygens (including phenoxy) is 2. The molecule has 0 unspecified atom stereocenters. The predicted octanol–water partition coefficient (Wildman–Crippen LogP) is 2.00. The molecule has 8 heteroatoms. The molecule has 3 heterocycles. The zero-order valence-corrected chi connectivity index (χ0v) is 17.4. The highest BCUT2D eigenvalue weighted by Gasteiger charge is 2.20. The third-order valence-corrected chi connectivity index (χ3v) is 5.73. The quantitative estimate of drug-likeness (QED) is 0.656. The summed E-state index contributed by atoms with van der Waals surface area (Å²) in [6.07, 6.45) is 2.68. The van der Waals surface area contributed by atoms with Crippen molar-refractivity contribution in [2.45, 2.75) is 39.9 Å². The van der Waals surface area contributed by atoms with Crippen LogP contribution in [0.4, 0.5) is 0 Å². The second kappa shape index (κ2) is 7.87. The van der Waals surface area contributed by atoms with E-state index in [0.29, 0.717) is 28.9 Å². The van der Waals surface area contributed by atoms with Crippen molar-refractivity contribution in [3.05, 3.63) is 45.8 Å². The van der Waals surface area contributed by atoms with E-state index in [2.05, 4.69) is 23.8 Å². The molecular weight excluding hydrogens is 370 g/mol. The second-order valence-electron chi connectivity index (χ2n) is 7.31. The van der Waals surface area contributed by atoms with Gasteiger partial charge in [0.25, 0.3) is 5.56 Å². The van der Waals surface area contributed by atoms with Crippen molar-refractivity contribution in [1.29, 1.82) is 0 Å². The summed E-state index contributed by atoms with van der Waals surface area (Å²) in [5.74, 6) is 1.94. The van der Waals surface area contributed by atoms with E-state index in [1.807, 2.05) is 10.9 Å². The van der Waals surface area contributed by atoms with Gasteiger partial charge in [-0.2, -0.15) is 5.10 Å². The van der Waals surface area contributed by atoms with E-state index in [0.717, 1.165) is 38.4 Å². The van der Waals surface area contributed by atoms with Crippen LogP contribution in [0.5, 0.6) is 11.5 Å². The lowest BCUT2D eigenvalue weighted by Gasteiger charge is -2.19. The van der Waals surface area contributed by atoms with Crippen molar-refractivity contribution < 1.29 is 9.47 Å². The Labute approximate surface area is 169 Å². The van der Waals surface area contributed by atoms with E-state index >= 15 is 0 Å². The summed E-state index contributed by atoms with van der Waals surface area (Å²) >= 11 is 0. The fraction of sp³-hybridized carbons (Fsp3) is 0.476. The van der Waals surface area contributed by atoms with Crippen molar-refractivity contribution in [3.63, 3.8) is 0 Å². The maximum atomic E-state index is 13.1. The molecule has 0 saturated heterocycles. The average molecular weight is 397 g/mol. The van der Waals surface area contributed by atoms with Crippen LogP contribution in [0, 0.1) is 6.92 Å². The Hall–Kier alpha value is -2.87. The van der Waals surface area contributed by atoms with Crippen molar-refractivity contribution in [2.75, 3.05) is 27.3 Å². The van der Waals surface area contributed by atoms with Crippen LogP contribution in [0.25, 0.3) is 10.9 Å². The van der Waals surface area contributed by atoms with Crippen LogP contribution < -0.4 is 15.0 Å². The zero-order chi connectivity index (χ0) is 20.5. The molecule has 2 aromatic heterocycles. The van der Waals surface area contributed by atoms with Gasteiger partial charge in [0.2, 0.25) is 0 Å². The van der Waals surface area contributed by atoms with Crippen LogP contribution in [0.15, 0.2) is 23.1 Å². The first-order valence-corrected chi connectivity index (χ1v) is 9.94. The van der Waals surface area contributed by atoms with E-state index in [-0.39, 0.29) is 5.56 Å². The smallest absolute Gasteiger partial charge is 0.261 e. The second-order valence-corrected chi connectivity index (χ2v) is 7.31. The molecule has 0 atom stereocenters. The van der Waals surface area contributed by atoms with E-state index in [9.17, 15) is 4.79 Å². The number of hydrogen-bond donors (Lipinski definition) is 0. The number of hydrogen-bond acceptors (Lipinski definition) is 6. The molecular formula is C21H27N5O3. The van der Waals surface area contributed by atoms with Gasteiger partial charge in [-0.3, -0.25) is 18.9 Å². The predicted molar refractivity (Wildman–Crippen MR) is 111 cm³/mol. The van der Waals surface area contributed by atoms with Crippen LogP contribution >= 0.6 is 0 Å². The minimum atomic E-state index is -0.0252. The molecule has 154 valence electrons. The van der Waals surface area contributed by atoms with Crippen LogP contribution in [-0.2, 0) is 26.1 Å². The van der Waals surface area contributed by atoms with E-state index in [1.54, 1.807) is 30.9 Å². The molecule has 4 rings (SSSR count). The normalized spacial score (nSPS) is 14.6. The fourth-order valence-corrected chi connectivity index (χ4v) is 3.99. The monoisotopic (exact) mass is 397 g/mol. The number of benzene rings is 1. The fourth-order valence-electron chi connectivity index (χ4n) is 3.99. The Morgan fingerprint density at radius 1 is 1.10 bits per heavy atom. The van der Waals surface area contributed by atoms with Gasteiger partial charge in [0.15, 0.2) is 11.5 Å². The Bertz CT molecular complexity index is 1100. The summed E-state index contributed by atoms with van der Waals surface area (Å²) in [4.78, 5) is 20.3.